The van der Waals surface area contributed by atoms with Gasteiger partial charge >= 0.3 is 0 Å². The number of halogens is 1. The van der Waals surface area contributed by atoms with Crippen LogP contribution in [0.5, 0.6) is 0 Å². The molecule has 0 aromatic heterocycles. The molecule has 0 saturated heterocycles. The zero-order chi connectivity index (χ0) is 9.99. The van der Waals surface area contributed by atoms with E-state index in [1.807, 2.05) is 0 Å². The molecule has 1 atom stereocenters. The lowest BCUT2D eigenvalue weighted by Crippen LogP contribution is -2.26. The van der Waals surface area contributed by atoms with E-state index in [0.29, 0.717) is 11.3 Å². The van der Waals surface area contributed by atoms with Crippen LogP contribution in [0.15, 0.2) is 0 Å². The maximum atomic E-state index is 6.42. The molecule has 1 heteroatoms. The van der Waals surface area contributed by atoms with Crippen LogP contribution in [-0.4, -0.2) is 4.87 Å². The van der Waals surface area contributed by atoms with Crippen molar-refractivity contribution in [1.29, 1.82) is 0 Å². The van der Waals surface area contributed by atoms with Crippen LogP contribution in [0.1, 0.15) is 54.4 Å². The predicted molar refractivity (Wildman–Crippen MR) is 57.8 cm³/mol. The highest BCUT2D eigenvalue weighted by atomic mass is 35.5. The zero-order valence-electron chi connectivity index (χ0n) is 9.37. The molecule has 0 bridgehead atoms. The Bertz CT molecular complexity index is 128. The summed E-state index contributed by atoms with van der Waals surface area (Å²) in [5.41, 5.74) is 0.339. The first-order valence-electron chi connectivity index (χ1n) is 4.81. The molecular formula is C11H23Cl. The Hall–Kier alpha value is 0.290. The van der Waals surface area contributed by atoms with Gasteiger partial charge in [-0.25, -0.2) is 0 Å². The summed E-state index contributed by atoms with van der Waals surface area (Å²) in [6.07, 6.45) is 2.19. The molecule has 0 aliphatic heterocycles. The molecule has 0 fully saturated rings. The minimum absolute atomic E-state index is 0.0214. The molecule has 0 spiro atoms. The lowest BCUT2D eigenvalue weighted by atomic mass is 9.81. The average molecular weight is 191 g/mol. The van der Waals surface area contributed by atoms with Crippen molar-refractivity contribution in [3.8, 4) is 0 Å². The second-order valence-corrected chi connectivity index (χ2v) is 6.66. The van der Waals surface area contributed by atoms with Crippen LogP contribution in [0.2, 0.25) is 0 Å². The topological polar surface area (TPSA) is 0 Å². The third-order valence-corrected chi connectivity index (χ3v) is 2.02. The van der Waals surface area contributed by atoms with Crippen LogP contribution in [0.3, 0.4) is 0 Å². The molecule has 0 heterocycles. The van der Waals surface area contributed by atoms with Crippen LogP contribution < -0.4 is 0 Å². The lowest BCUT2D eigenvalue weighted by Gasteiger charge is -2.31. The summed E-state index contributed by atoms with van der Waals surface area (Å²) in [5.74, 6) is 0.690. The second kappa shape index (κ2) is 4.00. The first-order valence-corrected chi connectivity index (χ1v) is 5.19. The van der Waals surface area contributed by atoms with Gasteiger partial charge in [-0.2, -0.15) is 0 Å². The SMILES string of the molecule is CC(C)CC(C)(Cl)CC(C)(C)C. The second-order valence-electron chi connectivity index (χ2n) is 5.75. The monoisotopic (exact) mass is 190 g/mol. The largest absolute Gasteiger partial charge is 0.120 e. The Kier molecular flexibility index (Phi) is 4.10. The van der Waals surface area contributed by atoms with Gasteiger partial charge in [0.2, 0.25) is 0 Å². The van der Waals surface area contributed by atoms with Gasteiger partial charge in [0, 0.05) is 4.87 Å². The molecule has 0 radical (unpaired) electrons. The first kappa shape index (κ1) is 12.3. The highest BCUT2D eigenvalue weighted by molar-refractivity contribution is 6.23. The van der Waals surface area contributed by atoms with E-state index in [1.54, 1.807) is 0 Å². The Morgan fingerprint density at radius 1 is 1.08 bits per heavy atom. The number of alkyl halides is 1. The predicted octanol–water partition coefficient (Wildman–Crippen LogP) is 4.47. The van der Waals surface area contributed by atoms with E-state index in [1.165, 1.54) is 0 Å². The molecule has 0 aliphatic carbocycles. The highest BCUT2D eigenvalue weighted by Gasteiger charge is 2.28. The summed E-state index contributed by atoms with van der Waals surface area (Å²) in [4.78, 5) is -0.0214. The highest BCUT2D eigenvalue weighted by Crippen LogP contribution is 2.36. The minimum Gasteiger partial charge on any atom is -0.120 e. The van der Waals surface area contributed by atoms with Crippen LogP contribution >= 0.6 is 11.6 Å². The van der Waals surface area contributed by atoms with Crippen LogP contribution in [0.4, 0.5) is 0 Å². The molecular weight excluding hydrogens is 168 g/mol. The molecule has 0 aromatic carbocycles. The van der Waals surface area contributed by atoms with Gasteiger partial charge in [0.15, 0.2) is 0 Å². The molecule has 12 heavy (non-hydrogen) atoms. The number of hydrogen-bond acceptors (Lipinski definition) is 0. The van der Waals surface area contributed by atoms with Gasteiger partial charge in [-0.3, -0.25) is 0 Å². The molecule has 0 aliphatic rings. The van der Waals surface area contributed by atoms with Crippen molar-refractivity contribution in [2.45, 2.75) is 59.3 Å². The van der Waals surface area contributed by atoms with Crippen LogP contribution in [-0.2, 0) is 0 Å². The Labute approximate surface area is 82.7 Å². The molecule has 0 nitrogen and oxygen atoms in total. The quantitative estimate of drug-likeness (QED) is 0.577. The maximum Gasteiger partial charge on any atom is 0.0426 e. The van der Waals surface area contributed by atoms with Gasteiger partial charge in [-0.05, 0) is 31.1 Å². The van der Waals surface area contributed by atoms with Gasteiger partial charge in [0.1, 0.15) is 0 Å². The van der Waals surface area contributed by atoms with Gasteiger partial charge in [0.05, 0.1) is 0 Å². The molecule has 0 N–H and O–H groups in total. The van der Waals surface area contributed by atoms with Crippen molar-refractivity contribution in [3.63, 3.8) is 0 Å². The summed E-state index contributed by atoms with van der Waals surface area (Å²) in [7, 11) is 0. The van der Waals surface area contributed by atoms with Gasteiger partial charge in [0.25, 0.3) is 0 Å². The first-order chi connectivity index (χ1) is 5.12. The molecule has 0 amide bonds. The van der Waals surface area contributed by atoms with Crippen molar-refractivity contribution < 1.29 is 0 Å². The number of hydrogen-bond donors (Lipinski definition) is 0. The summed E-state index contributed by atoms with van der Waals surface area (Å²) >= 11 is 6.42. The average Bonchev–Trinajstić information content (AvgIpc) is 1.48. The third-order valence-electron chi connectivity index (χ3n) is 1.73. The fraction of sp³-hybridized carbons (Fsp3) is 1.00. The molecule has 0 aromatic rings. The van der Waals surface area contributed by atoms with E-state index < -0.39 is 0 Å². The normalized spacial score (nSPS) is 18.0. The van der Waals surface area contributed by atoms with E-state index in [-0.39, 0.29) is 4.87 Å². The fourth-order valence-corrected chi connectivity index (χ4v) is 2.74. The molecule has 1 unspecified atom stereocenters. The van der Waals surface area contributed by atoms with Gasteiger partial charge < -0.3 is 0 Å². The van der Waals surface area contributed by atoms with Crippen molar-refractivity contribution >= 4 is 11.6 Å². The van der Waals surface area contributed by atoms with E-state index >= 15 is 0 Å². The van der Waals surface area contributed by atoms with Crippen molar-refractivity contribution in [1.82, 2.24) is 0 Å². The fourth-order valence-electron chi connectivity index (χ4n) is 2.03. The van der Waals surface area contributed by atoms with Crippen molar-refractivity contribution in [2.24, 2.45) is 11.3 Å². The summed E-state index contributed by atoms with van der Waals surface area (Å²) < 4.78 is 0. The van der Waals surface area contributed by atoms with E-state index in [4.69, 9.17) is 11.6 Å². The summed E-state index contributed by atoms with van der Waals surface area (Å²) in [6.45, 7) is 13.3. The van der Waals surface area contributed by atoms with E-state index in [2.05, 4.69) is 41.5 Å². The molecule has 0 saturated carbocycles. The molecule has 74 valence electrons. The Morgan fingerprint density at radius 2 is 1.50 bits per heavy atom. The van der Waals surface area contributed by atoms with Gasteiger partial charge in [-0.15, -0.1) is 11.6 Å². The lowest BCUT2D eigenvalue weighted by molar-refractivity contribution is 0.298. The summed E-state index contributed by atoms with van der Waals surface area (Å²) in [6, 6.07) is 0. The standard InChI is InChI=1S/C11H23Cl/c1-9(2)7-11(6,12)8-10(3,4)5/h9H,7-8H2,1-6H3. The van der Waals surface area contributed by atoms with Crippen LogP contribution in [0, 0.1) is 11.3 Å². The van der Waals surface area contributed by atoms with E-state index in [9.17, 15) is 0 Å². The van der Waals surface area contributed by atoms with E-state index in [0.717, 1.165) is 12.8 Å². The summed E-state index contributed by atoms with van der Waals surface area (Å²) in [5, 5.41) is 0. The van der Waals surface area contributed by atoms with Crippen LogP contribution in [0.25, 0.3) is 0 Å². The van der Waals surface area contributed by atoms with Crippen molar-refractivity contribution in [2.75, 3.05) is 0 Å². The maximum absolute atomic E-state index is 6.42. The Balaban J connectivity index is 4.04. The Morgan fingerprint density at radius 3 is 1.75 bits per heavy atom. The smallest absolute Gasteiger partial charge is 0.0426 e. The molecule has 0 rings (SSSR count). The minimum atomic E-state index is -0.0214. The number of rotatable bonds is 3. The third kappa shape index (κ3) is 6.97. The van der Waals surface area contributed by atoms with Crippen molar-refractivity contribution in [3.05, 3.63) is 0 Å². The zero-order valence-corrected chi connectivity index (χ0v) is 10.1. The van der Waals surface area contributed by atoms with Gasteiger partial charge in [-0.1, -0.05) is 34.6 Å².